The van der Waals surface area contributed by atoms with E-state index in [1.54, 1.807) is 16.8 Å². The largest absolute Gasteiger partial charge is 0.478 e. The van der Waals surface area contributed by atoms with Gasteiger partial charge in [0.1, 0.15) is 42.5 Å². The number of nitrogens with zero attached hydrogens (tertiary/aromatic N) is 9. The lowest BCUT2D eigenvalue weighted by Crippen LogP contribution is -2.51. The van der Waals surface area contributed by atoms with E-state index in [4.69, 9.17) is 4.74 Å². The number of amides is 1. The van der Waals surface area contributed by atoms with Gasteiger partial charge in [0.25, 0.3) is 11.8 Å². The quantitative estimate of drug-likeness (QED) is 0.140. The lowest BCUT2D eigenvalue weighted by Gasteiger charge is -2.41. The first-order valence-corrected chi connectivity index (χ1v) is 23.8. The highest BCUT2D eigenvalue weighted by molar-refractivity contribution is 6.02. The number of fused-ring (bicyclic) bond motifs is 1. The Hall–Kier alpha value is -3.83. The lowest BCUT2D eigenvalue weighted by atomic mass is 10.00. The molecule has 22 heteroatoms. The molecule has 1 amide bonds. The Morgan fingerprint density at radius 1 is 0.716 bits per heavy atom. The van der Waals surface area contributed by atoms with Crippen molar-refractivity contribution in [3.05, 3.63) is 36.2 Å². The molecule has 8 aliphatic heterocycles. The predicted octanol–water partition coefficient (Wildman–Crippen LogP) is 2.21. The molecule has 67 heavy (non-hydrogen) atoms. The summed E-state index contributed by atoms with van der Waals surface area (Å²) in [6.45, 7) is 19.2. The van der Waals surface area contributed by atoms with Crippen molar-refractivity contribution >= 4 is 41.9 Å². The molecule has 3 aromatic heterocycles. The Kier molecular flexibility index (Phi) is 20.6. The number of aryl methyl sites for hydroxylation is 1. The third kappa shape index (κ3) is 16.1. The number of hydrogen-bond acceptors (Lipinski definition) is 15. The SMILES string of the molecule is COc1nc(NC(=O)c2cnc(N3CC(CN4CC[C@H](F)C4)C3)cn2)cn2cc(C)nc12.Cl.F[C@H]1CCN(CC2CNC2)C1.F[C@H]1CCN(CC2CNC2)C1.F[C@H]1CCNC1.O=CC1CNC1. The molecule has 8 fully saturated rings. The molecule has 0 radical (unpaired) electrons. The van der Waals surface area contributed by atoms with Crippen molar-refractivity contribution in [1.29, 1.82) is 0 Å². The van der Waals surface area contributed by atoms with Crippen molar-refractivity contribution in [3.8, 4) is 5.88 Å². The Morgan fingerprint density at radius 2 is 1.28 bits per heavy atom. The Labute approximate surface area is 397 Å². The Balaban J connectivity index is 0.000000170. The van der Waals surface area contributed by atoms with Gasteiger partial charge in [0.15, 0.2) is 5.82 Å². The molecule has 0 saturated carbocycles. The van der Waals surface area contributed by atoms with Crippen molar-refractivity contribution < 1.29 is 31.9 Å². The van der Waals surface area contributed by atoms with Crippen LogP contribution in [0.4, 0.5) is 29.2 Å². The zero-order chi connectivity index (χ0) is 46.4. The van der Waals surface area contributed by atoms with E-state index in [2.05, 4.69) is 66.1 Å². The molecule has 5 N–H and O–H groups in total. The van der Waals surface area contributed by atoms with E-state index >= 15 is 0 Å². The number of methoxy groups -OCH3 is 1. The summed E-state index contributed by atoms with van der Waals surface area (Å²) in [4.78, 5) is 48.5. The maximum atomic E-state index is 13.3. The normalized spacial score (nSPS) is 25.6. The number of hydrogen-bond donors (Lipinski definition) is 5. The molecular weight excluding hydrogens is 896 g/mol. The number of carbonyl (C=O) groups excluding carboxylic acids is 2. The number of ether oxygens (including phenoxy) is 1. The first kappa shape index (κ1) is 52.5. The van der Waals surface area contributed by atoms with Gasteiger partial charge in [-0.1, -0.05) is 0 Å². The highest BCUT2D eigenvalue weighted by Crippen LogP contribution is 2.25. The molecular formula is C45H71ClF4N14O3. The van der Waals surface area contributed by atoms with Crippen LogP contribution in [0.15, 0.2) is 24.8 Å². The van der Waals surface area contributed by atoms with Crippen LogP contribution in [0.25, 0.3) is 5.65 Å². The van der Waals surface area contributed by atoms with Crippen molar-refractivity contribution in [3.63, 3.8) is 0 Å². The van der Waals surface area contributed by atoms with Gasteiger partial charge in [-0.3, -0.25) is 23.9 Å². The van der Waals surface area contributed by atoms with Crippen LogP contribution in [-0.4, -0.2) is 207 Å². The molecule has 0 bridgehead atoms. The van der Waals surface area contributed by atoms with E-state index in [0.717, 1.165) is 141 Å². The van der Waals surface area contributed by atoms with Crippen LogP contribution in [0.2, 0.25) is 0 Å². The summed E-state index contributed by atoms with van der Waals surface area (Å²) in [5.74, 6) is 3.38. The fourth-order valence-electron chi connectivity index (χ4n) is 8.88. The molecule has 17 nitrogen and oxygen atoms in total. The van der Waals surface area contributed by atoms with Crippen LogP contribution in [0.1, 0.15) is 41.9 Å². The summed E-state index contributed by atoms with van der Waals surface area (Å²) < 4.78 is 57.6. The molecule has 8 saturated heterocycles. The topological polar surface area (TPSA) is 172 Å². The maximum absolute atomic E-state index is 13.3. The van der Waals surface area contributed by atoms with Gasteiger partial charge in [-0.15, -0.1) is 12.4 Å². The highest BCUT2D eigenvalue weighted by Gasteiger charge is 2.33. The standard InChI is InChI=1S/C21H25FN8O2.2C8H15FN2.C4H8FN.C4H7NO.ClH/c1-13-7-30-12-17(27-21(32-2)19(30)25-13)26-20(31)16-5-24-18(6-23-16)29-9-14(10-29)8-28-4-3-15(22)11-28;2*9-8-1-2-11(6-8)5-7-3-10-4-7;5-4-1-2-6-3-4;6-3-4-1-5-2-4;/h5-7,12,14-15H,3-4,8-11H2,1-2H3,(H,26,31);2*7-8,10H,1-6H2;4,6H,1-3H2;3-5H,1-2H2;1H/t15-;2*8-;4-;;/m0000../s1. The Morgan fingerprint density at radius 3 is 1.66 bits per heavy atom. The van der Waals surface area contributed by atoms with Gasteiger partial charge in [0.2, 0.25) is 5.65 Å². The van der Waals surface area contributed by atoms with Gasteiger partial charge in [-0.05, 0) is 51.0 Å². The molecule has 0 aliphatic carbocycles. The molecule has 4 atom stereocenters. The number of imidazole rings is 1. The lowest BCUT2D eigenvalue weighted by molar-refractivity contribution is -0.112. The smallest absolute Gasteiger partial charge is 0.277 e. The summed E-state index contributed by atoms with van der Waals surface area (Å²) in [5, 5.41) is 15.1. The first-order valence-electron chi connectivity index (χ1n) is 23.8. The van der Waals surface area contributed by atoms with Gasteiger partial charge in [-0.2, -0.15) is 4.98 Å². The summed E-state index contributed by atoms with van der Waals surface area (Å²) >= 11 is 0. The summed E-state index contributed by atoms with van der Waals surface area (Å²) in [5.41, 5.74) is 1.59. The first-order chi connectivity index (χ1) is 32.0. The van der Waals surface area contributed by atoms with E-state index in [1.807, 2.05) is 13.1 Å². The number of anilines is 2. The molecule has 0 unspecified atom stereocenters. The maximum Gasteiger partial charge on any atom is 0.277 e. The molecule has 0 spiro atoms. The number of rotatable bonds is 11. The third-order valence-corrected chi connectivity index (χ3v) is 13.0. The van der Waals surface area contributed by atoms with E-state index in [-0.39, 0.29) is 18.1 Å². The molecule has 3 aromatic rings. The number of alkyl halides is 4. The van der Waals surface area contributed by atoms with Crippen molar-refractivity contribution in [2.75, 3.05) is 142 Å². The van der Waals surface area contributed by atoms with Crippen LogP contribution < -0.4 is 36.2 Å². The number of likely N-dealkylation sites (tertiary alicyclic amines) is 3. The highest BCUT2D eigenvalue weighted by atomic mass is 35.5. The Bertz CT molecular complexity index is 1920. The van der Waals surface area contributed by atoms with Gasteiger partial charge >= 0.3 is 0 Å². The van der Waals surface area contributed by atoms with Crippen molar-refractivity contribution in [2.24, 2.45) is 23.7 Å². The second kappa shape index (κ2) is 26.2. The summed E-state index contributed by atoms with van der Waals surface area (Å²) in [6.07, 6.45) is 8.06. The number of aldehydes is 1. The van der Waals surface area contributed by atoms with Crippen molar-refractivity contribution in [1.82, 2.24) is 60.3 Å². The van der Waals surface area contributed by atoms with E-state index < -0.39 is 30.6 Å². The van der Waals surface area contributed by atoms with Crippen LogP contribution in [-0.2, 0) is 4.79 Å². The van der Waals surface area contributed by atoms with Gasteiger partial charge in [0, 0.05) is 136 Å². The fourth-order valence-corrected chi connectivity index (χ4v) is 8.88. The number of carbonyl (C=O) groups is 2. The fraction of sp³-hybridized carbons (Fsp3) is 0.733. The second-order valence-electron chi connectivity index (χ2n) is 18.9. The van der Waals surface area contributed by atoms with Gasteiger partial charge in [0.05, 0.1) is 31.4 Å². The number of halogens is 5. The number of nitrogens with one attached hydrogen (secondary N) is 5. The minimum atomic E-state index is -0.682. The number of aromatic nitrogens is 5. The molecule has 11 heterocycles. The molecule has 11 rings (SSSR count). The van der Waals surface area contributed by atoms with E-state index in [9.17, 15) is 27.2 Å². The van der Waals surface area contributed by atoms with Crippen LogP contribution in [0.3, 0.4) is 0 Å². The average Bonchev–Trinajstić information content (AvgIpc) is 4.11. The second-order valence-corrected chi connectivity index (χ2v) is 18.9. The average molecular weight is 968 g/mol. The molecule has 0 aromatic carbocycles. The summed E-state index contributed by atoms with van der Waals surface area (Å²) in [7, 11) is 1.51. The van der Waals surface area contributed by atoms with Gasteiger partial charge < -0.3 is 41.0 Å². The van der Waals surface area contributed by atoms with Crippen molar-refractivity contribution in [2.45, 2.75) is 57.3 Å². The minimum absolute atomic E-state index is 0. The monoisotopic (exact) mass is 967 g/mol. The van der Waals surface area contributed by atoms with Crippen LogP contribution in [0.5, 0.6) is 5.88 Å². The molecule has 374 valence electrons. The zero-order valence-electron chi connectivity index (χ0n) is 38.9. The van der Waals surface area contributed by atoms with Gasteiger partial charge in [-0.25, -0.2) is 32.5 Å². The van der Waals surface area contributed by atoms with Crippen LogP contribution in [0, 0.1) is 30.6 Å². The third-order valence-electron chi connectivity index (χ3n) is 13.0. The minimum Gasteiger partial charge on any atom is -0.478 e. The zero-order valence-corrected chi connectivity index (χ0v) is 39.8. The van der Waals surface area contributed by atoms with E-state index in [1.165, 1.54) is 13.3 Å². The van der Waals surface area contributed by atoms with Crippen LogP contribution >= 0.6 is 12.4 Å². The molecule has 8 aliphatic rings. The predicted molar refractivity (Wildman–Crippen MR) is 253 cm³/mol. The summed E-state index contributed by atoms with van der Waals surface area (Å²) in [6, 6.07) is 0. The van der Waals surface area contributed by atoms with E-state index in [0.29, 0.717) is 68.2 Å².